The number of hydrogen-bond acceptors (Lipinski definition) is 1. The molecule has 1 fully saturated rings. The summed E-state index contributed by atoms with van der Waals surface area (Å²) in [4.78, 5) is 0. The van der Waals surface area contributed by atoms with Crippen LogP contribution < -0.4 is 5.73 Å². The Morgan fingerprint density at radius 2 is 1.75 bits per heavy atom. The maximum absolute atomic E-state index is 12.3. The van der Waals surface area contributed by atoms with E-state index in [-0.39, 0.29) is 24.9 Å². The van der Waals surface area contributed by atoms with Crippen LogP contribution in [0.4, 0.5) is 8.78 Å². The van der Waals surface area contributed by atoms with Gasteiger partial charge < -0.3 is 5.73 Å². The monoisotopic (exact) mass is 199 g/mol. The van der Waals surface area contributed by atoms with Crippen molar-refractivity contribution in [3.05, 3.63) is 0 Å². The Morgan fingerprint density at radius 3 is 2.08 bits per heavy atom. The first kappa shape index (κ1) is 12.1. The third-order valence-electron chi connectivity index (χ3n) is 2.60. The number of hydrogen-bond donors (Lipinski definition) is 1. The van der Waals surface area contributed by atoms with E-state index in [1.165, 1.54) is 0 Å². The first-order valence-corrected chi connectivity index (χ1v) is 4.24. The second kappa shape index (κ2) is 5.70. The molecule has 0 amide bonds. The van der Waals surface area contributed by atoms with Crippen molar-refractivity contribution in [2.45, 2.75) is 32.1 Å². The lowest BCUT2D eigenvalue weighted by atomic mass is 9.91. The lowest BCUT2D eigenvalue weighted by molar-refractivity contribution is 0.0495. The van der Waals surface area contributed by atoms with Crippen LogP contribution in [0.1, 0.15) is 25.7 Å². The van der Waals surface area contributed by atoms with E-state index in [9.17, 15) is 8.78 Å². The molecule has 0 aromatic carbocycles. The van der Waals surface area contributed by atoms with Crippen LogP contribution in [-0.4, -0.2) is 13.0 Å². The zero-order chi connectivity index (χ0) is 8.27. The fraction of sp³-hybridized carbons (Fsp3) is 1.00. The molecule has 0 spiro atoms. The molecule has 1 rings (SSSR count). The Bertz CT molecular complexity index is 116. The molecule has 0 aliphatic heterocycles. The van der Waals surface area contributed by atoms with E-state index in [1.807, 2.05) is 0 Å². The van der Waals surface area contributed by atoms with Crippen molar-refractivity contribution in [1.29, 1.82) is 0 Å². The van der Waals surface area contributed by atoms with Crippen molar-refractivity contribution >= 4 is 12.4 Å². The summed E-state index contributed by atoms with van der Waals surface area (Å²) in [5.74, 6) is -0.350. The summed E-state index contributed by atoms with van der Waals surface area (Å²) in [7, 11) is 0. The Labute approximate surface area is 78.1 Å². The lowest BCUT2D eigenvalue weighted by Crippen LogP contribution is -2.28. The summed E-state index contributed by atoms with van der Waals surface area (Å²) < 4.78 is 24.5. The van der Waals surface area contributed by atoms with Crippen LogP contribution in [-0.2, 0) is 0 Å². The first-order valence-electron chi connectivity index (χ1n) is 4.24. The lowest BCUT2D eigenvalue weighted by Gasteiger charge is -2.20. The van der Waals surface area contributed by atoms with Gasteiger partial charge in [0.15, 0.2) is 0 Å². The van der Waals surface area contributed by atoms with E-state index in [4.69, 9.17) is 5.73 Å². The molecule has 0 bridgehead atoms. The van der Waals surface area contributed by atoms with Crippen LogP contribution >= 0.6 is 12.4 Å². The average molecular weight is 200 g/mol. The Balaban J connectivity index is 0.00000121. The van der Waals surface area contributed by atoms with Crippen LogP contribution in [0, 0.1) is 11.8 Å². The minimum atomic E-state index is -2.22. The van der Waals surface area contributed by atoms with E-state index >= 15 is 0 Å². The average Bonchev–Trinajstić information content (AvgIpc) is 2.40. The second-order valence-electron chi connectivity index (χ2n) is 3.28. The number of halogens is 3. The molecule has 0 radical (unpaired) electrons. The molecular formula is C8H16ClF2N. The highest BCUT2D eigenvalue weighted by Crippen LogP contribution is 2.33. The number of alkyl halides is 2. The predicted molar refractivity (Wildman–Crippen MR) is 47.8 cm³/mol. The fourth-order valence-corrected chi connectivity index (χ4v) is 1.89. The van der Waals surface area contributed by atoms with Crippen LogP contribution in [0.5, 0.6) is 0 Å². The minimum Gasteiger partial charge on any atom is -0.330 e. The SMILES string of the molecule is Cl.NCC(C(F)F)C1CCCC1. The van der Waals surface area contributed by atoms with Crippen molar-refractivity contribution in [1.82, 2.24) is 0 Å². The molecule has 1 unspecified atom stereocenters. The van der Waals surface area contributed by atoms with Crippen molar-refractivity contribution in [2.24, 2.45) is 17.6 Å². The molecule has 12 heavy (non-hydrogen) atoms. The van der Waals surface area contributed by atoms with Gasteiger partial charge >= 0.3 is 0 Å². The molecule has 1 atom stereocenters. The maximum atomic E-state index is 12.3. The Kier molecular flexibility index (Phi) is 5.76. The van der Waals surface area contributed by atoms with Gasteiger partial charge in [-0.15, -0.1) is 12.4 Å². The molecule has 0 saturated heterocycles. The number of nitrogens with two attached hydrogens (primary N) is 1. The molecule has 1 saturated carbocycles. The quantitative estimate of drug-likeness (QED) is 0.743. The molecule has 0 heterocycles. The van der Waals surface area contributed by atoms with E-state index in [1.54, 1.807) is 0 Å². The molecule has 4 heteroatoms. The molecular weight excluding hydrogens is 184 g/mol. The maximum Gasteiger partial charge on any atom is 0.242 e. The molecule has 0 aromatic rings. The van der Waals surface area contributed by atoms with E-state index in [0.717, 1.165) is 25.7 Å². The van der Waals surface area contributed by atoms with Gasteiger partial charge in [-0.25, -0.2) is 8.78 Å². The molecule has 0 aromatic heterocycles. The van der Waals surface area contributed by atoms with Gasteiger partial charge in [-0.2, -0.15) is 0 Å². The zero-order valence-electron chi connectivity index (χ0n) is 7.01. The third kappa shape index (κ3) is 2.87. The van der Waals surface area contributed by atoms with Crippen molar-refractivity contribution in [3.63, 3.8) is 0 Å². The third-order valence-corrected chi connectivity index (χ3v) is 2.60. The van der Waals surface area contributed by atoms with Gasteiger partial charge in [0.25, 0.3) is 0 Å². The molecule has 1 aliphatic carbocycles. The van der Waals surface area contributed by atoms with Crippen LogP contribution in [0.2, 0.25) is 0 Å². The van der Waals surface area contributed by atoms with Crippen molar-refractivity contribution < 1.29 is 8.78 Å². The molecule has 1 nitrogen and oxygen atoms in total. The van der Waals surface area contributed by atoms with Crippen LogP contribution in [0.15, 0.2) is 0 Å². The fourth-order valence-electron chi connectivity index (χ4n) is 1.89. The standard InChI is InChI=1S/C8H15F2N.ClH/c9-8(10)7(5-11)6-3-1-2-4-6;/h6-8H,1-5,11H2;1H. The second-order valence-corrected chi connectivity index (χ2v) is 3.28. The van der Waals surface area contributed by atoms with E-state index in [2.05, 4.69) is 0 Å². The van der Waals surface area contributed by atoms with E-state index in [0.29, 0.717) is 0 Å². The number of rotatable bonds is 3. The summed E-state index contributed by atoms with van der Waals surface area (Å²) in [6, 6.07) is 0. The van der Waals surface area contributed by atoms with Gasteiger partial charge in [0.1, 0.15) is 0 Å². The smallest absolute Gasteiger partial charge is 0.242 e. The van der Waals surface area contributed by atoms with Gasteiger partial charge in [0, 0.05) is 12.5 Å². The van der Waals surface area contributed by atoms with Crippen LogP contribution in [0.3, 0.4) is 0 Å². The van der Waals surface area contributed by atoms with Crippen molar-refractivity contribution in [2.75, 3.05) is 6.54 Å². The normalized spacial score (nSPS) is 21.0. The predicted octanol–water partition coefficient (Wildman–Crippen LogP) is 2.44. The Hall–Kier alpha value is 0.110. The van der Waals surface area contributed by atoms with Gasteiger partial charge in [0.2, 0.25) is 6.43 Å². The summed E-state index contributed by atoms with van der Waals surface area (Å²) in [5, 5.41) is 0. The van der Waals surface area contributed by atoms with Gasteiger partial charge in [-0.05, 0) is 18.8 Å². The summed E-state index contributed by atoms with van der Waals surface area (Å²) in [5.41, 5.74) is 5.27. The highest BCUT2D eigenvalue weighted by atomic mass is 35.5. The Morgan fingerprint density at radius 1 is 1.25 bits per heavy atom. The van der Waals surface area contributed by atoms with Crippen molar-refractivity contribution in [3.8, 4) is 0 Å². The topological polar surface area (TPSA) is 26.0 Å². The minimum absolute atomic E-state index is 0. The molecule has 74 valence electrons. The van der Waals surface area contributed by atoms with Gasteiger partial charge in [0.05, 0.1) is 0 Å². The van der Waals surface area contributed by atoms with Crippen LogP contribution in [0.25, 0.3) is 0 Å². The summed E-state index contributed by atoms with van der Waals surface area (Å²) in [6.45, 7) is 0.141. The highest BCUT2D eigenvalue weighted by Gasteiger charge is 2.30. The van der Waals surface area contributed by atoms with E-state index < -0.39 is 12.3 Å². The highest BCUT2D eigenvalue weighted by molar-refractivity contribution is 5.85. The van der Waals surface area contributed by atoms with Gasteiger partial charge in [-0.1, -0.05) is 12.8 Å². The molecule has 1 aliphatic rings. The first-order chi connectivity index (χ1) is 5.25. The largest absolute Gasteiger partial charge is 0.330 e. The van der Waals surface area contributed by atoms with Gasteiger partial charge in [-0.3, -0.25) is 0 Å². The summed E-state index contributed by atoms with van der Waals surface area (Å²) >= 11 is 0. The summed E-state index contributed by atoms with van der Waals surface area (Å²) in [6.07, 6.45) is 1.89. The molecule has 2 N–H and O–H groups in total. The zero-order valence-corrected chi connectivity index (χ0v) is 7.83.